The number of nitrogens with two attached hydrogens (primary N) is 1. The lowest BCUT2D eigenvalue weighted by atomic mass is 9.65. The van der Waals surface area contributed by atoms with Crippen LogP contribution in [0, 0.1) is 23.7 Å². The Labute approximate surface area is 149 Å². The Bertz CT molecular complexity index is 612. The third-order valence-electron chi connectivity index (χ3n) is 5.73. The van der Waals surface area contributed by atoms with Gasteiger partial charge in [0.15, 0.2) is 0 Å². The highest BCUT2D eigenvalue weighted by Gasteiger charge is 2.40. The Balaban J connectivity index is 1.57. The second-order valence-corrected chi connectivity index (χ2v) is 7.91. The van der Waals surface area contributed by atoms with Crippen molar-refractivity contribution in [2.75, 3.05) is 10.6 Å². The van der Waals surface area contributed by atoms with Crippen molar-refractivity contribution in [3.05, 3.63) is 24.3 Å². The van der Waals surface area contributed by atoms with Gasteiger partial charge in [0.05, 0.1) is 0 Å². The van der Waals surface area contributed by atoms with E-state index in [1.165, 1.54) is 6.42 Å². The molecule has 4 N–H and O–H groups in total. The molecule has 0 aliphatic heterocycles. The number of carbonyl (C=O) groups excluding carboxylic acids is 2. The van der Waals surface area contributed by atoms with Crippen molar-refractivity contribution in [2.24, 2.45) is 29.4 Å². The van der Waals surface area contributed by atoms with E-state index < -0.39 is 0 Å². The van der Waals surface area contributed by atoms with Gasteiger partial charge in [-0.15, -0.1) is 0 Å². The maximum absolute atomic E-state index is 12.6. The minimum absolute atomic E-state index is 0.0122. The van der Waals surface area contributed by atoms with Crippen LogP contribution in [0.3, 0.4) is 0 Å². The van der Waals surface area contributed by atoms with E-state index in [-0.39, 0.29) is 29.7 Å². The molecule has 2 aliphatic carbocycles. The average Bonchev–Trinajstić information content (AvgIpc) is 2.56. The molecule has 1 aromatic carbocycles. The Kier molecular flexibility index (Phi) is 5.42. The first-order valence-electron chi connectivity index (χ1n) is 9.41. The zero-order valence-corrected chi connectivity index (χ0v) is 15.1. The maximum Gasteiger partial charge on any atom is 0.227 e. The molecule has 2 fully saturated rings. The summed E-state index contributed by atoms with van der Waals surface area (Å²) in [7, 11) is 0. The van der Waals surface area contributed by atoms with Crippen LogP contribution in [0.4, 0.5) is 11.4 Å². The summed E-state index contributed by atoms with van der Waals surface area (Å²) in [6, 6.07) is 7.59. The summed E-state index contributed by atoms with van der Waals surface area (Å²) in [6.45, 7) is 3.71. The van der Waals surface area contributed by atoms with Crippen LogP contribution >= 0.6 is 0 Å². The summed E-state index contributed by atoms with van der Waals surface area (Å²) < 4.78 is 0. The molecule has 5 nitrogen and oxygen atoms in total. The largest absolute Gasteiger partial charge is 0.327 e. The predicted molar refractivity (Wildman–Crippen MR) is 100 cm³/mol. The number of carbonyl (C=O) groups is 2. The minimum atomic E-state index is -0.0588. The Hall–Kier alpha value is -1.88. The minimum Gasteiger partial charge on any atom is -0.327 e. The summed E-state index contributed by atoms with van der Waals surface area (Å²) >= 11 is 0. The number of nitrogens with one attached hydrogen (secondary N) is 2. The summed E-state index contributed by atoms with van der Waals surface area (Å²) in [5.41, 5.74) is 7.83. The van der Waals surface area contributed by atoms with Crippen LogP contribution < -0.4 is 16.4 Å². The van der Waals surface area contributed by atoms with Gasteiger partial charge < -0.3 is 16.4 Å². The lowest BCUT2D eigenvalue weighted by Crippen LogP contribution is -2.48. The number of hydrogen-bond acceptors (Lipinski definition) is 3. The Morgan fingerprint density at radius 3 is 2.04 bits per heavy atom. The quantitative estimate of drug-likeness (QED) is 0.783. The molecule has 25 heavy (non-hydrogen) atoms. The van der Waals surface area contributed by atoms with Crippen molar-refractivity contribution >= 4 is 23.2 Å². The Morgan fingerprint density at radius 2 is 1.52 bits per heavy atom. The molecule has 0 heterocycles. The number of hydrogen-bond donors (Lipinski definition) is 3. The lowest BCUT2D eigenvalue weighted by Gasteiger charge is -2.43. The molecule has 2 bridgehead atoms. The summed E-state index contributed by atoms with van der Waals surface area (Å²) in [6.07, 6.45) is 5.39. The normalized spacial score (nSPS) is 28.5. The molecule has 0 spiro atoms. The molecule has 2 unspecified atom stereocenters. The van der Waals surface area contributed by atoms with Crippen LogP contribution in [0.15, 0.2) is 24.3 Å². The topological polar surface area (TPSA) is 84.2 Å². The maximum atomic E-state index is 12.6. The van der Waals surface area contributed by atoms with E-state index in [2.05, 4.69) is 10.6 Å². The first-order valence-corrected chi connectivity index (χ1v) is 9.41. The van der Waals surface area contributed by atoms with Gasteiger partial charge in [0.1, 0.15) is 0 Å². The molecule has 2 atom stereocenters. The van der Waals surface area contributed by atoms with Crippen LogP contribution in [0.25, 0.3) is 0 Å². The predicted octanol–water partition coefficient (Wildman–Crippen LogP) is 3.37. The van der Waals surface area contributed by atoms with Crippen LogP contribution in [0.2, 0.25) is 0 Å². The van der Waals surface area contributed by atoms with Crippen LogP contribution in [-0.4, -0.2) is 17.9 Å². The number of rotatable bonds is 4. The first-order chi connectivity index (χ1) is 11.9. The Morgan fingerprint density at radius 1 is 1.00 bits per heavy atom. The van der Waals surface area contributed by atoms with Crippen molar-refractivity contribution in [1.29, 1.82) is 0 Å². The molecular formula is C20H29N3O2. The molecule has 1 aromatic rings. The van der Waals surface area contributed by atoms with Crippen molar-refractivity contribution < 1.29 is 9.59 Å². The SMILES string of the molecule is CC(C)C(=O)Nc1ccc(NC(=O)C2CC3CCCC(C2)C3N)cc1. The molecule has 2 aliphatic rings. The molecule has 2 amide bonds. The van der Waals surface area contributed by atoms with E-state index in [1.54, 1.807) is 0 Å². The van der Waals surface area contributed by atoms with Crippen LogP contribution in [0.1, 0.15) is 46.0 Å². The van der Waals surface area contributed by atoms with Gasteiger partial charge in [-0.25, -0.2) is 0 Å². The molecule has 0 saturated heterocycles. The second kappa shape index (κ2) is 7.56. The zero-order chi connectivity index (χ0) is 18.0. The van der Waals surface area contributed by atoms with Gasteiger partial charge in [-0.2, -0.15) is 0 Å². The molecule has 0 aromatic heterocycles. The number of anilines is 2. The van der Waals surface area contributed by atoms with Gasteiger partial charge in [0, 0.05) is 29.3 Å². The molecule has 2 saturated carbocycles. The molecule has 136 valence electrons. The van der Waals surface area contributed by atoms with Crippen LogP contribution in [0.5, 0.6) is 0 Å². The molecule has 0 radical (unpaired) electrons. The van der Waals surface area contributed by atoms with Crippen molar-refractivity contribution in [1.82, 2.24) is 0 Å². The van der Waals surface area contributed by atoms with Gasteiger partial charge in [0.25, 0.3) is 0 Å². The van der Waals surface area contributed by atoms with Gasteiger partial charge in [0.2, 0.25) is 11.8 Å². The fourth-order valence-electron chi connectivity index (χ4n) is 4.17. The fourth-order valence-corrected chi connectivity index (χ4v) is 4.17. The average molecular weight is 343 g/mol. The molecule has 3 rings (SSSR count). The van der Waals surface area contributed by atoms with E-state index >= 15 is 0 Å². The van der Waals surface area contributed by atoms with E-state index in [1.807, 2.05) is 38.1 Å². The zero-order valence-electron chi connectivity index (χ0n) is 15.1. The highest BCUT2D eigenvalue weighted by molar-refractivity contribution is 5.94. The van der Waals surface area contributed by atoms with Gasteiger partial charge in [-0.05, 0) is 61.8 Å². The molecular weight excluding hydrogens is 314 g/mol. The number of fused-ring (bicyclic) bond motifs is 2. The van der Waals surface area contributed by atoms with E-state index in [9.17, 15) is 9.59 Å². The highest BCUT2D eigenvalue weighted by Crippen LogP contribution is 2.42. The van der Waals surface area contributed by atoms with E-state index in [0.29, 0.717) is 11.8 Å². The summed E-state index contributed by atoms with van der Waals surface area (Å²) in [5.74, 6) is 1.09. The smallest absolute Gasteiger partial charge is 0.227 e. The highest BCUT2D eigenvalue weighted by atomic mass is 16.2. The van der Waals surface area contributed by atoms with Gasteiger partial charge in [-0.3, -0.25) is 9.59 Å². The summed E-state index contributed by atoms with van der Waals surface area (Å²) in [4.78, 5) is 24.3. The monoisotopic (exact) mass is 343 g/mol. The number of benzene rings is 1. The van der Waals surface area contributed by atoms with E-state index in [0.717, 1.165) is 37.1 Å². The van der Waals surface area contributed by atoms with E-state index in [4.69, 9.17) is 5.73 Å². The molecule has 5 heteroatoms. The standard InChI is InChI=1S/C20H29N3O2/c1-12(2)19(24)22-16-6-8-17(9-7-16)23-20(25)15-10-13-4-3-5-14(11-15)18(13)21/h6-9,12-15,18H,3-5,10-11,21H2,1-2H3,(H,22,24)(H,23,25). The number of amides is 2. The summed E-state index contributed by atoms with van der Waals surface area (Å²) in [5, 5.41) is 5.88. The van der Waals surface area contributed by atoms with Gasteiger partial charge in [-0.1, -0.05) is 20.3 Å². The lowest BCUT2D eigenvalue weighted by molar-refractivity contribution is -0.122. The van der Waals surface area contributed by atoms with Crippen molar-refractivity contribution in [3.8, 4) is 0 Å². The third kappa shape index (κ3) is 4.21. The first kappa shape index (κ1) is 17.9. The second-order valence-electron chi connectivity index (χ2n) is 7.91. The van der Waals surface area contributed by atoms with Gasteiger partial charge >= 0.3 is 0 Å². The van der Waals surface area contributed by atoms with Crippen LogP contribution in [-0.2, 0) is 9.59 Å². The fraction of sp³-hybridized carbons (Fsp3) is 0.600. The van der Waals surface area contributed by atoms with Crippen molar-refractivity contribution in [3.63, 3.8) is 0 Å². The van der Waals surface area contributed by atoms with Crippen molar-refractivity contribution in [2.45, 2.75) is 52.0 Å². The third-order valence-corrected chi connectivity index (χ3v) is 5.73.